The van der Waals surface area contributed by atoms with Crippen molar-refractivity contribution in [3.05, 3.63) is 85.5 Å². The summed E-state index contributed by atoms with van der Waals surface area (Å²) in [5, 5.41) is 9.33. The summed E-state index contributed by atoms with van der Waals surface area (Å²) in [7, 11) is 0. The van der Waals surface area contributed by atoms with E-state index in [-0.39, 0.29) is 30.9 Å². The van der Waals surface area contributed by atoms with Crippen LogP contribution < -0.4 is 9.80 Å². The predicted octanol–water partition coefficient (Wildman–Crippen LogP) is 5.97. The van der Waals surface area contributed by atoms with Crippen LogP contribution >= 0.6 is 0 Å². The summed E-state index contributed by atoms with van der Waals surface area (Å²) in [4.78, 5) is 52.2. The fraction of sp³-hybridized carbons (Fsp3) is 0.537. The second-order valence-electron chi connectivity index (χ2n) is 13.9. The predicted molar refractivity (Wildman–Crippen MR) is 199 cm³/mol. The van der Waals surface area contributed by atoms with E-state index in [1.807, 2.05) is 61.5 Å². The molecule has 9 heteroatoms. The Labute approximate surface area is 298 Å². The smallest absolute Gasteiger partial charge is 0.253 e. The van der Waals surface area contributed by atoms with Gasteiger partial charge < -0.3 is 29.4 Å². The zero-order valence-electron chi connectivity index (χ0n) is 30.3. The van der Waals surface area contributed by atoms with Crippen LogP contribution in [-0.4, -0.2) is 89.2 Å². The van der Waals surface area contributed by atoms with E-state index in [1.165, 1.54) is 0 Å². The van der Waals surface area contributed by atoms with Crippen molar-refractivity contribution in [2.24, 2.45) is 11.8 Å². The first-order valence-electron chi connectivity index (χ1n) is 18.6. The Morgan fingerprint density at radius 1 is 0.900 bits per heavy atom. The number of nitrogens with zero attached hydrogens (tertiary/aromatic N) is 4. The number of carbonyl (C=O) groups is 3. The summed E-state index contributed by atoms with van der Waals surface area (Å²) in [6.45, 7) is 17.4. The first kappa shape index (κ1) is 37.3. The van der Waals surface area contributed by atoms with E-state index in [9.17, 15) is 14.7 Å². The van der Waals surface area contributed by atoms with Crippen molar-refractivity contribution in [3.63, 3.8) is 0 Å². The number of benzene rings is 2. The Morgan fingerprint density at radius 3 is 2.18 bits per heavy atom. The quantitative estimate of drug-likeness (QED) is 0.145. The molecule has 0 aliphatic carbocycles. The Bertz CT molecular complexity index is 1490. The third kappa shape index (κ3) is 6.87. The number of hydrogen-bond donors (Lipinski definition) is 1. The average Bonchev–Trinajstić information content (AvgIpc) is 3.74. The molecule has 270 valence electrons. The lowest BCUT2D eigenvalue weighted by atomic mass is 9.64. The molecule has 0 saturated carbocycles. The lowest BCUT2D eigenvalue weighted by molar-refractivity contribution is -0.151. The molecule has 3 aliphatic rings. The number of carbonyl (C=O) groups excluding carboxylic acids is 3. The van der Waals surface area contributed by atoms with Gasteiger partial charge in [0.25, 0.3) is 5.91 Å². The second kappa shape index (κ2) is 16.4. The number of amides is 3. The van der Waals surface area contributed by atoms with Crippen molar-refractivity contribution >= 4 is 29.1 Å². The molecule has 3 saturated heterocycles. The van der Waals surface area contributed by atoms with Gasteiger partial charge in [-0.2, -0.15) is 0 Å². The molecule has 0 radical (unpaired) electrons. The number of hydrogen-bond acceptors (Lipinski definition) is 6. The van der Waals surface area contributed by atoms with Crippen LogP contribution in [0.25, 0.3) is 0 Å². The molecule has 2 aromatic carbocycles. The van der Waals surface area contributed by atoms with Gasteiger partial charge in [0.05, 0.1) is 17.4 Å². The number of aliphatic hydroxyl groups excluding tert-OH is 1. The summed E-state index contributed by atoms with van der Waals surface area (Å²) in [5.41, 5.74) is 0.838. The summed E-state index contributed by atoms with van der Waals surface area (Å²) < 4.78 is 7.11. The Morgan fingerprint density at radius 2 is 1.56 bits per heavy atom. The second-order valence-corrected chi connectivity index (χ2v) is 13.9. The third-order valence-corrected chi connectivity index (χ3v) is 11.2. The minimum atomic E-state index is -1.12. The van der Waals surface area contributed by atoms with E-state index < -0.39 is 29.1 Å². The minimum absolute atomic E-state index is 0.124. The number of likely N-dealkylation sites (tertiary alicyclic amines) is 1. The van der Waals surface area contributed by atoms with Crippen molar-refractivity contribution in [1.29, 1.82) is 0 Å². The number of fused-ring (bicyclic) bond motifs is 1. The van der Waals surface area contributed by atoms with Gasteiger partial charge >= 0.3 is 0 Å². The molecule has 3 fully saturated rings. The van der Waals surface area contributed by atoms with E-state index in [0.29, 0.717) is 51.7 Å². The maximum atomic E-state index is 15.1. The van der Waals surface area contributed by atoms with Crippen molar-refractivity contribution in [2.75, 3.05) is 49.1 Å². The molecular formula is C41H56N4O5. The maximum absolute atomic E-state index is 15.1. The highest BCUT2D eigenvalue weighted by Gasteiger charge is 2.79. The standard InChI is InChI=1S/C41H56N4O5/c1-6-26-43(30-31-18-14-13-15-19-31)37(47)34-35-38(48)45(28-16-11-12-17-29-46)36(41(35)25-24-40(34,8-3)50-41)39(49)44(27-7-2)33-22-20-32(21-23-33)42(9-4)10-5/h6-7,13-15,18-23,34-36,46H,1-2,8-12,16-17,24-30H2,3-5H3/t34-,35+,36?,40+,41?/m1/s1. The van der Waals surface area contributed by atoms with Gasteiger partial charge in [0.1, 0.15) is 11.6 Å². The first-order valence-corrected chi connectivity index (χ1v) is 18.6. The molecule has 5 atom stereocenters. The number of unbranched alkanes of at least 4 members (excludes halogenated alkanes) is 3. The molecule has 9 nitrogen and oxygen atoms in total. The fourth-order valence-corrected chi connectivity index (χ4v) is 8.78. The average molecular weight is 685 g/mol. The van der Waals surface area contributed by atoms with Crippen LogP contribution in [0, 0.1) is 11.8 Å². The van der Waals surface area contributed by atoms with E-state index in [0.717, 1.165) is 42.9 Å². The van der Waals surface area contributed by atoms with Crippen molar-refractivity contribution < 1.29 is 24.2 Å². The molecule has 3 aliphatic heterocycles. The SMILES string of the molecule is C=CCN(Cc1ccccc1)C(=O)[C@H]1[C@H]2C(=O)N(CCCCCCO)C(C(=O)N(CC=C)c3ccc(N(CC)CC)cc3)C23CC[C@]1(CC)O3. The van der Waals surface area contributed by atoms with Crippen molar-refractivity contribution in [2.45, 2.75) is 89.5 Å². The summed E-state index contributed by atoms with van der Waals surface area (Å²) in [6, 6.07) is 17.0. The molecule has 2 aromatic rings. The molecule has 50 heavy (non-hydrogen) atoms. The zero-order chi connectivity index (χ0) is 35.9. The molecule has 5 rings (SSSR count). The minimum Gasteiger partial charge on any atom is -0.396 e. The van der Waals surface area contributed by atoms with Crippen LogP contribution in [0.2, 0.25) is 0 Å². The molecule has 0 aromatic heterocycles. The first-order chi connectivity index (χ1) is 24.2. The zero-order valence-corrected chi connectivity index (χ0v) is 30.3. The molecule has 3 heterocycles. The summed E-state index contributed by atoms with van der Waals surface area (Å²) >= 11 is 0. The van der Waals surface area contributed by atoms with Crippen LogP contribution in [0.3, 0.4) is 0 Å². The van der Waals surface area contributed by atoms with Crippen molar-refractivity contribution in [3.8, 4) is 0 Å². The van der Waals surface area contributed by atoms with Gasteiger partial charge in [-0.05, 0) is 75.8 Å². The van der Waals surface area contributed by atoms with E-state index >= 15 is 4.79 Å². The lowest BCUT2D eigenvalue weighted by Crippen LogP contribution is -2.56. The van der Waals surface area contributed by atoms with E-state index in [2.05, 4.69) is 31.9 Å². The van der Waals surface area contributed by atoms with Crippen LogP contribution in [0.5, 0.6) is 0 Å². The van der Waals surface area contributed by atoms with Crippen LogP contribution in [0.4, 0.5) is 11.4 Å². The van der Waals surface area contributed by atoms with Gasteiger partial charge in [0.2, 0.25) is 11.8 Å². The van der Waals surface area contributed by atoms with Crippen LogP contribution in [-0.2, 0) is 25.7 Å². The summed E-state index contributed by atoms with van der Waals surface area (Å²) in [5.74, 6) is -1.99. The Hall–Kier alpha value is -3.95. The lowest BCUT2D eigenvalue weighted by Gasteiger charge is -2.37. The van der Waals surface area contributed by atoms with Crippen LogP contribution in [0.15, 0.2) is 79.9 Å². The molecule has 1 N–H and O–H groups in total. The Balaban J connectivity index is 1.54. The molecule has 2 unspecified atom stereocenters. The molecule has 2 bridgehead atoms. The highest BCUT2D eigenvalue weighted by Crippen LogP contribution is 2.64. The number of anilines is 2. The fourth-order valence-electron chi connectivity index (χ4n) is 8.78. The number of aliphatic hydroxyl groups is 1. The maximum Gasteiger partial charge on any atom is 0.253 e. The largest absolute Gasteiger partial charge is 0.396 e. The van der Waals surface area contributed by atoms with Gasteiger partial charge in [-0.1, -0.05) is 62.2 Å². The Kier molecular flexibility index (Phi) is 12.2. The topological polar surface area (TPSA) is 93.6 Å². The van der Waals surface area contributed by atoms with Gasteiger partial charge in [-0.3, -0.25) is 14.4 Å². The van der Waals surface area contributed by atoms with Gasteiger partial charge in [-0.25, -0.2) is 0 Å². The van der Waals surface area contributed by atoms with E-state index in [4.69, 9.17) is 4.74 Å². The highest BCUT2D eigenvalue weighted by atomic mass is 16.5. The molecule has 1 spiro atoms. The van der Waals surface area contributed by atoms with Crippen LogP contribution in [0.1, 0.15) is 71.3 Å². The molecular weight excluding hydrogens is 628 g/mol. The van der Waals surface area contributed by atoms with Gasteiger partial charge in [0, 0.05) is 57.3 Å². The van der Waals surface area contributed by atoms with Crippen molar-refractivity contribution in [1.82, 2.24) is 9.80 Å². The third-order valence-electron chi connectivity index (χ3n) is 11.2. The van der Waals surface area contributed by atoms with Gasteiger partial charge in [0.15, 0.2) is 0 Å². The van der Waals surface area contributed by atoms with Gasteiger partial charge in [-0.15, -0.1) is 13.2 Å². The summed E-state index contributed by atoms with van der Waals surface area (Å²) in [6.07, 6.45) is 8.16. The monoisotopic (exact) mass is 684 g/mol. The highest BCUT2D eigenvalue weighted by molar-refractivity contribution is 6.05. The van der Waals surface area contributed by atoms with E-state index in [1.54, 1.807) is 26.9 Å². The number of rotatable bonds is 19. The number of ether oxygens (including phenoxy) is 1. The molecule has 3 amide bonds. The normalized spacial score (nSPS) is 25.0.